The molecule has 1 unspecified atom stereocenters. The molecule has 2 rings (SSSR count). The van der Waals surface area contributed by atoms with Gasteiger partial charge in [0.05, 0.1) is 18.6 Å². The second kappa shape index (κ2) is 5.25. The second-order valence-electron chi connectivity index (χ2n) is 3.93. The highest BCUT2D eigenvalue weighted by Crippen LogP contribution is 2.04. The normalized spacial score (nSPS) is 23.1. The number of nitrogens with zero attached hydrogens (tertiary/aromatic N) is 2. The number of H-pyrrole nitrogens is 1. The fourth-order valence-corrected chi connectivity index (χ4v) is 1.89. The summed E-state index contributed by atoms with van der Waals surface area (Å²) in [5, 5.41) is 16.9. The van der Waals surface area contributed by atoms with E-state index in [-0.39, 0.29) is 12.6 Å². The Balaban J connectivity index is 1.81. The summed E-state index contributed by atoms with van der Waals surface area (Å²) in [6.07, 6.45) is 5.37. The second-order valence-corrected chi connectivity index (χ2v) is 3.93. The lowest BCUT2D eigenvalue weighted by Crippen LogP contribution is -2.42. The van der Waals surface area contributed by atoms with Gasteiger partial charge < -0.3 is 15.4 Å². The Hall–Kier alpha value is -0.910. The molecule has 83 valence electrons. The number of hydrogen-bond donors (Lipinski definition) is 3. The Labute approximate surface area is 89.3 Å². The van der Waals surface area contributed by atoms with Crippen LogP contribution in [0.15, 0.2) is 12.5 Å². The van der Waals surface area contributed by atoms with Gasteiger partial charge in [0, 0.05) is 37.8 Å². The topological polar surface area (TPSA) is 75.0 Å². The van der Waals surface area contributed by atoms with E-state index < -0.39 is 0 Å². The van der Waals surface area contributed by atoms with Crippen LogP contribution >= 0.6 is 0 Å². The number of nitrogens with one attached hydrogen (secondary N) is 2. The summed E-state index contributed by atoms with van der Waals surface area (Å²) in [6.45, 7) is 1.96. The summed E-state index contributed by atoms with van der Waals surface area (Å²) >= 11 is 0. The van der Waals surface area contributed by atoms with Crippen molar-refractivity contribution in [2.45, 2.75) is 24.9 Å². The van der Waals surface area contributed by atoms with Gasteiger partial charge in [0.2, 0.25) is 0 Å². The molecule has 1 aromatic heterocycles. The zero-order valence-electron chi connectivity index (χ0n) is 8.69. The summed E-state index contributed by atoms with van der Waals surface area (Å²) in [4.78, 5) is 7.06. The highest BCUT2D eigenvalue weighted by atomic mass is 16.3. The van der Waals surface area contributed by atoms with Gasteiger partial charge >= 0.3 is 0 Å². The van der Waals surface area contributed by atoms with E-state index in [1.807, 2.05) is 6.20 Å². The van der Waals surface area contributed by atoms with Gasteiger partial charge in [0.1, 0.15) is 0 Å². The van der Waals surface area contributed by atoms with Crippen molar-refractivity contribution in [1.82, 2.24) is 20.6 Å². The molecule has 1 aliphatic heterocycles. The van der Waals surface area contributed by atoms with Crippen LogP contribution in [0.4, 0.5) is 0 Å². The maximum atomic E-state index is 9.25. The first-order valence-electron chi connectivity index (χ1n) is 5.36. The van der Waals surface area contributed by atoms with Crippen LogP contribution in [0.3, 0.4) is 0 Å². The van der Waals surface area contributed by atoms with Crippen LogP contribution in [0.2, 0.25) is 0 Å². The Kier molecular flexibility index (Phi) is 3.71. The van der Waals surface area contributed by atoms with Crippen molar-refractivity contribution in [1.29, 1.82) is 0 Å². The largest absolute Gasteiger partial charge is 0.395 e. The summed E-state index contributed by atoms with van der Waals surface area (Å²) in [7, 11) is 0. The van der Waals surface area contributed by atoms with Gasteiger partial charge in [0.15, 0.2) is 0 Å². The van der Waals surface area contributed by atoms with Crippen LogP contribution in [0.5, 0.6) is 0 Å². The van der Waals surface area contributed by atoms with Crippen LogP contribution in [-0.4, -0.2) is 46.9 Å². The van der Waals surface area contributed by atoms with Crippen LogP contribution in [-0.2, 0) is 6.42 Å². The molecule has 1 aromatic rings. The third-order valence-corrected chi connectivity index (χ3v) is 2.69. The average molecular weight is 209 g/mol. The maximum Gasteiger partial charge on any atom is 0.0923 e. The Morgan fingerprint density at radius 3 is 3.20 bits per heavy atom. The van der Waals surface area contributed by atoms with Crippen LogP contribution in [0.1, 0.15) is 12.1 Å². The van der Waals surface area contributed by atoms with E-state index in [1.54, 1.807) is 6.33 Å². The van der Waals surface area contributed by atoms with E-state index >= 15 is 0 Å². The molecule has 0 bridgehead atoms. The van der Waals surface area contributed by atoms with Crippen molar-refractivity contribution in [2.75, 3.05) is 19.7 Å². The summed E-state index contributed by atoms with van der Waals surface area (Å²) in [5.41, 5.74) is 0.983. The molecule has 2 atom stereocenters. The first-order chi connectivity index (χ1) is 7.38. The van der Waals surface area contributed by atoms with Crippen LogP contribution < -0.4 is 10.6 Å². The van der Waals surface area contributed by atoms with E-state index in [1.165, 1.54) is 0 Å². The van der Waals surface area contributed by atoms with Crippen molar-refractivity contribution < 1.29 is 5.11 Å². The van der Waals surface area contributed by atoms with Gasteiger partial charge in [-0.05, 0) is 6.42 Å². The Bertz CT molecular complexity index is 269. The number of aromatic amines is 1. The minimum Gasteiger partial charge on any atom is -0.395 e. The monoisotopic (exact) mass is 209 g/mol. The van der Waals surface area contributed by atoms with Gasteiger partial charge in [0.25, 0.3) is 0 Å². The number of hydrogen-bond acceptors (Lipinski definition) is 3. The molecule has 1 aliphatic rings. The standard InChI is InChI=1S/C10H17N4O/c15-6-10(3-9-5-12-7-13-9)14-8-1-2-11-4-8/h5,7-8,10,14-15H,1-4,6H2,(H,12,13)/t8?,10-/m0/s1. The fraction of sp³-hybridized carbons (Fsp3) is 0.700. The Morgan fingerprint density at radius 2 is 2.60 bits per heavy atom. The smallest absolute Gasteiger partial charge is 0.0923 e. The molecule has 5 nitrogen and oxygen atoms in total. The molecule has 0 aromatic carbocycles. The SMILES string of the molecule is OC[C@H](Cc1c[nH]cn1)NC1CC[N]C1. The van der Waals surface area contributed by atoms with E-state index in [2.05, 4.69) is 20.6 Å². The Morgan fingerprint density at radius 1 is 1.67 bits per heavy atom. The van der Waals surface area contributed by atoms with Crippen molar-refractivity contribution in [2.24, 2.45) is 0 Å². The van der Waals surface area contributed by atoms with Crippen molar-refractivity contribution in [3.8, 4) is 0 Å². The van der Waals surface area contributed by atoms with Gasteiger partial charge in [-0.25, -0.2) is 10.3 Å². The number of imidazole rings is 1. The number of aliphatic hydroxyl groups excluding tert-OH is 1. The summed E-state index contributed by atoms with van der Waals surface area (Å²) in [5.74, 6) is 0. The maximum absolute atomic E-state index is 9.25. The number of rotatable bonds is 5. The molecule has 1 radical (unpaired) electrons. The van der Waals surface area contributed by atoms with Crippen LogP contribution in [0.25, 0.3) is 0 Å². The van der Waals surface area contributed by atoms with Crippen LogP contribution in [0, 0.1) is 0 Å². The molecule has 0 spiro atoms. The fourth-order valence-electron chi connectivity index (χ4n) is 1.89. The summed E-state index contributed by atoms with van der Waals surface area (Å²) in [6, 6.07) is 0.521. The first kappa shape index (κ1) is 10.6. The highest BCUT2D eigenvalue weighted by molar-refractivity contribution is 4.98. The van der Waals surface area contributed by atoms with E-state index in [0.717, 1.165) is 31.6 Å². The van der Waals surface area contributed by atoms with Gasteiger partial charge in [-0.3, -0.25) is 0 Å². The first-order valence-corrected chi connectivity index (χ1v) is 5.36. The van der Waals surface area contributed by atoms with E-state index in [0.29, 0.717) is 6.04 Å². The molecule has 5 heteroatoms. The molecule has 0 saturated carbocycles. The molecule has 0 aliphatic carbocycles. The molecule has 1 saturated heterocycles. The van der Waals surface area contributed by atoms with Crippen molar-refractivity contribution >= 4 is 0 Å². The molecular weight excluding hydrogens is 192 g/mol. The zero-order valence-corrected chi connectivity index (χ0v) is 8.69. The molecule has 3 N–H and O–H groups in total. The van der Waals surface area contributed by atoms with E-state index in [9.17, 15) is 5.11 Å². The molecule has 0 amide bonds. The quantitative estimate of drug-likeness (QED) is 0.599. The lowest BCUT2D eigenvalue weighted by molar-refractivity contribution is 0.231. The molecule has 15 heavy (non-hydrogen) atoms. The lowest BCUT2D eigenvalue weighted by Gasteiger charge is -2.19. The van der Waals surface area contributed by atoms with E-state index in [4.69, 9.17) is 0 Å². The third kappa shape index (κ3) is 3.02. The molecule has 2 heterocycles. The van der Waals surface area contributed by atoms with Crippen molar-refractivity contribution in [3.63, 3.8) is 0 Å². The van der Waals surface area contributed by atoms with Gasteiger partial charge in [-0.1, -0.05) is 0 Å². The highest BCUT2D eigenvalue weighted by Gasteiger charge is 2.19. The predicted octanol–water partition coefficient (Wildman–Crippen LogP) is -0.721. The zero-order chi connectivity index (χ0) is 10.5. The summed E-state index contributed by atoms with van der Waals surface area (Å²) < 4.78 is 0. The number of aliphatic hydroxyl groups is 1. The predicted molar refractivity (Wildman–Crippen MR) is 56.6 cm³/mol. The minimum atomic E-state index is 0.0894. The van der Waals surface area contributed by atoms with Crippen molar-refractivity contribution in [3.05, 3.63) is 18.2 Å². The molecular formula is C10H17N4O. The average Bonchev–Trinajstić information content (AvgIpc) is 2.89. The van der Waals surface area contributed by atoms with Gasteiger partial charge in [-0.15, -0.1) is 0 Å². The lowest BCUT2D eigenvalue weighted by atomic mass is 10.1. The number of aromatic nitrogens is 2. The van der Waals surface area contributed by atoms with Gasteiger partial charge in [-0.2, -0.15) is 0 Å². The minimum absolute atomic E-state index is 0.0894. The molecule has 1 fully saturated rings. The third-order valence-electron chi connectivity index (χ3n) is 2.69.